The summed E-state index contributed by atoms with van der Waals surface area (Å²) < 4.78 is 12.6. The Bertz CT molecular complexity index is 313. The van der Waals surface area contributed by atoms with Crippen LogP contribution in [0.2, 0.25) is 0 Å². The number of carbonyl (C=O) groups is 1. The third kappa shape index (κ3) is 2.79. The van der Waals surface area contributed by atoms with E-state index in [2.05, 4.69) is 0 Å². The molecule has 0 spiro atoms. The van der Waals surface area contributed by atoms with E-state index >= 15 is 0 Å². The predicted molar refractivity (Wildman–Crippen MR) is 48.7 cm³/mol. The lowest BCUT2D eigenvalue weighted by molar-refractivity contribution is -0.0593. The second-order valence-corrected chi connectivity index (χ2v) is 2.82. The first-order valence-corrected chi connectivity index (χ1v) is 4.04. The molecule has 1 aromatic rings. The van der Waals surface area contributed by atoms with Gasteiger partial charge in [0.1, 0.15) is 6.73 Å². The fourth-order valence-electron chi connectivity index (χ4n) is 1.02. The zero-order valence-electron chi connectivity index (χ0n) is 7.48. The first-order valence-electron chi connectivity index (χ1n) is 4.04. The molecule has 76 valence electrons. The number of hydrogen-bond donors (Lipinski definition) is 2. The molecule has 0 aliphatic carbocycles. The van der Waals surface area contributed by atoms with Gasteiger partial charge in [-0.3, -0.25) is 4.79 Å². The van der Waals surface area contributed by atoms with Crippen LogP contribution in [0.15, 0.2) is 24.3 Å². The number of aliphatic hydroxyl groups is 1. The summed E-state index contributed by atoms with van der Waals surface area (Å²) in [6.07, 6.45) is 0. The van der Waals surface area contributed by atoms with Crippen molar-refractivity contribution in [2.45, 2.75) is 6.54 Å². The van der Waals surface area contributed by atoms with Gasteiger partial charge in [0.05, 0.1) is 6.54 Å². The number of nitrogens with zero attached hydrogens (tertiary/aromatic N) is 1. The number of primary amides is 1. The summed E-state index contributed by atoms with van der Waals surface area (Å²) in [6, 6.07) is 6.20. The van der Waals surface area contributed by atoms with Gasteiger partial charge in [-0.05, 0) is 17.7 Å². The number of aliphatic hydroxyl groups excluding tert-OH is 1. The molecule has 0 fully saturated rings. The van der Waals surface area contributed by atoms with Gasteiger partial charge in [-0.2, -0.15) is 0 Å². The van der Waals surface area contributed by atoms with E-state index in [4.69, 9.17) is 10.8 Å². The Hall–Kier alpha value is -1.46. The minimum atomic E-state index is -0.655. The van der Waals surface area contributed by atoms with Gasteiger partial charge >= 0.3 is 0 Å². The van der Waals surface area contributed by atoms with E-state index in [1.165, 1.54) is 12.1 Å². The van der Waals surface area contributed by atoms with Crippen LogP contribution in [-0.4, -0.2) is 22.9 Å². The summed E-state index contributed by atoms with van der Waals surface area (Å²) in [7, 11) is 0. The van der Waals surface area contributed by atoms with Gasteiger partial charge in [0.2, 0.25) is 5.91 Å². The Morgan fingerprint density at radius 3 is 2.43 bits per heavy atom. The molecule has 1 rings (SSSR count). The molecular weight excluding hydrogens is 187 g/mol. The van der Waals surface area contributed by atoms with E-state index in [1.54, 1.807) is 12.1 Å². The molecule has 4 nitrogen and oxygen atoms in total. The lowest BCUT2D eigenvalue weighted by atomic mass is 10.1. The highest BCUT2D eigenvalue weighted by molar-refractivity contribution is 5.92. The summed E-state index contributed by atoms with van der Waals surface area (Å²) >= 11 is 0. The molecule has 0 radical (unpaired) electrons. The van der Waals surface area contributed by atoms with Crippen molar-refractivity contribution in [3.05, 3.63) is 35.4 Å². The monoisotopic (exact) mass is 198 g/mol. The number of benzene rings is 1. The molecule has 0 aliphatic heterocycles. The maximum Gasteiger partial charge on any atom is 0.248 e. The van der Waals surface area contributed by atoms with E-state index in [0.717, 1.165) is 0 Å². The molecule has 0 aromatic heterocycles. The molecule has 14 heavy (non-hydrogen) atoms. The molecule has 1 aromatic carbocycles. The van der Waals surface area contributed by atoms with Crippen molar-refractivity contribution < 1.29 is 14.4 Å². The Labute approximate surface area is 80.7 Å². The van der Waals surface area contributed by atoms with Gasteiger partial charge in [0.25, 0.3) is 0 Å². The zero-order valence-corrected chi connectivity index (χ0v) is 7.48. The maximum atomic E-state index is 12.6. The van der Waals surface area contributed by atoms with E-state index in [-0.39, 0.29) is 11.7 Å². The normalized spacial score (nSPS) is 10.5. The van der Waals surface area contributed by atoms with Gasteiger partial charge in [0, 0.05) is 5.56 Å². The van der Waals surface area contributed by atoms with Crippen LogP contribution in [0, 0.1) is 0 Å². The van der Waals surface area contributed by atoms with Crippen molar-refractivity contribution >= 4 is 5.91 Å². The second-order valence-electron chi connectivity index (χ2n) is 2.82. The van der Waals surface area contributed by atoms with Crippen LogP contribution >= 0.6 is 0 Å². The number of rotatable bonds is 4. The Kier molecular flexibility index (Phi) is 3.55. The van der Waals surface area contributed by atoms with Gasteiger partial charge in [-0.25, -0.2) is 0 Å². The lowest BCUT2D eigenvalue weighted by Gasteiger charge is -2.07. The number of carbonyl (C=O) groups excluding carboxylic acids is 1. The van der Waals surface area contributed by atoms with E-state index in [9.17, 15) is 9.28 Å². The first-order chi connectivity index (χ1) is 6.63. The molecule has 0 atom stereocenters. The third-order valence-corrected chi connectivity index (χ3v) is 1.75. The standard InChI is InChI=1S/C9H11FN2O2/c10-12(6-13)5-7-1-3-8(4-2-7)9(11)14/h1-4,13H,5-6H2,(H2,11,14). The Morgan fingerprint density at radius 2 is 2.00 bits per heavy atom. The summed E-state index contributed by atoms with van der Waals surface area (Å²) in [4.78, 5) is 10.7. The minimum absolute atomic E-state index is 0.0183. The number of nitrogens with two attached hydrogens (primary N) is 1. The molecule has 5 heteroatoms. The largest absolute Gasteiger partial charge is 0.379 e. The summed E-state index contributed by atoms with van der Waals surface area (Å²) in [6.45, 7) is -0.673. The Balaban J connectivity index is 2.68. The molecule has 1 amide bonds. The molecule has 0 heterocycles. The molecule has 0 unspecified atom stereocenters. The Morgan fingerprint density at radius 1 is 1.43 bits per heavy atom. The van der Waals surface area contributed by atoms with Crippen LogP contribution in [0.4, 0.5) is 4.48 Å². The van der Waals surface area contributed by atoms with Gasteiger partial charge in [-0.15, -0.1) is 9.60 Å². The van der Waals surface area contributed by atoms with Crippen molar-refractivity contribution in [2.75, 3.05) is 6.73 Å². The molecular formula is C9H11FN2O2. The topological polar surface area (TPSA) is 66.6 Å². The van der Waals surface area contributed by atoms with Crippen LogP contribution in [0.25, 0.3) is 0 Å². The van der Waals surface area contributed by atoms with Gasteiger partial charge < -0.3 is 10.8 Å². The van der Waals surface area contributed by atoms with Crippen molar-refractivity contribution in [2.24, 2.45) is 5.73 Å². The van der Waals surface area contributed by atoms with Crippen molar-refractivity contribution in [1.82, 2.24) is 5.12 Å². The number of halogens is 1. The average molecular weight is 198 g/mol. The fraction of sp³-hybridized carbons (Fsp3) is 0.222. The summed E-state index contributed by atoms with van der Waals surface area (Å²) in [5.74, 6) is -0.518. The molecule has 0 bridgehead atoms. The van der Waals surface area contributed by atoms with E-state index < -0.39 is 12.6 Å². The highest BCUT2D eigenvalue weighted by Gasteiger charge is 2.03. The number of hydrogen-bond acceptors (Lipinski definition) is 3. The second kappa shape index (κ2) is 4.69. The minimum Gasteiger partial charge on any atom is -0.379 e. The summed E-state index contributed by atoms with van der Waals surface area (Å²) in [5, 5.41) is 8.67. The maximum absolute atomic E-state index is 12.6. The van der Waals surface area contributed by atoms with Gasteiger partial charge in [0.15, 0.2) is 0 Å². The van der Waals surface area contributed by atoms with E-state index in [0.29, 0.717) is 11.1 Å². The highest BCUT2D eigenvalue weighted by Crippen LogP contribution is 2.06. The van der Waals surface area contributed by atoms with Crippen LogP contribution in [0.5, 0.6) is 0 Å². The van der Waals surface area contributed by atoms with Crippen molar-refractivity contribution in [3.8, 4) is 0 Å². The highest BCUT2D eigenvalue weighted by atomic mass is 19.2. The zero-order chi connectivity index (χ0) is 10.6. The average Bonchev–Trinajstić information content (AvgIpc) is 2.18. The quantitative estimate of drug-likeness (QED) is 0.544. The molecule has 0 saturated heterocycles. The van der Waals surface area contributed by atoms with Crippen LogP contribution in [0.3, 0.4) is 0 Å². The molecule has 3 N–H and O–H groups in total. The molecule has 0 saturated carbocycles. The number of amides is 1. The smallest absolute Gasteiger partial charge is 0.248 e. The van der Waals surface area contributed by atoms with Crippen LogP contribution < -0.4 is 5.73 Å². The molecule has 0 aliphatic rings. The predicted octanol–water partition coefficient (Wildman–Crippen LogP) is 0.422. The SMILES string of the molecule is NC(=O)c1ccc(CN(F)CO)cc1. The lowest BCUT2D eigenvalue weighted by Crippen LogP contribution is -2.14. The third-order valence-electron chi connectivity index (χ3n) is 1.75. The van der Waals surface area contributed by atoms with Crippen LogP contribution in [0.1, 0.15) is 15.9 Å². The van der Waals surface area contributed by atoms with E-state index in [1.807, 2.05) is 0 Å². The van der Waals surface area contributed by atoms with Crippen molar-refractivity contribution in [3.63, 3.8) is 0 Å². The van der Waals surface area contributed by atoms with Crippen molar-refractivity contribution in [1.29, 1.82) is 0 Å². The fourth-order valence-corrected chi connectivity index (χ4v) is 1.02. The van der Waals surface area contributed by atoms with Crippen LogP contribution in [-0.2, 0) is 6.54 Å². The first kappa shape index (κ1) is 10.6. The summed E-state index contributed by atoms with van der Waals surface area (Å²) in [5.41, 5.74) is 6.06. The van der Waals surface area contributed by atoms with Gasteiger partial charge in [-0.1, -0.05) is 12.1 Å².